The SMILES string of the molecule is C=C(C)CCC(=O)C(C)(C)N1CCCCCC1. The van der Waals surface area contributed by atoms with Crippen LogP contribution in [0.3, 0.4) is 0 Å². The highest BCUT2D eigenvalue weighted by Gasteiger charge is 2.33. The Balaban J connectivity index is 2.57. The van der Waals surface area contributed by atoms with Gasteiger partial charge in [-0.25, -0.2) is 0 Å². The molecular formula is C15H27NO. The number of hydrogen-bond donors (Lipinski definition) is 0. The van der Waals surface area contributed by atoms with Crippen molar-refractivity contribution in [2.24, 2.45) is 0 Å². The van der Waals surface area contributed by atoms with E-state index in [1.165, 1.54) is 25.7 Å². The van der Waals surface area contributed by atoms with Crippen LogP contribution in [0.2, 0.25) is 0 Å². The lowest BCUT2D eigenvalue weighted by Crippen LogP contribution is -2.50. The largest absolute Gasteiger partial charge is 0.298 e. The monoisotopic (exact) mass is 237 g/mol. The third-order valence-corrected chi connectivity index (χ3v) is 3.86. The van der Waals surface area contributed by atoms with E-state index in [1.54, 1.807) is 0 Å². The second kappa shape index (κ2) is 6.34. The third-order valence-electron chi connectivity index (χ3n) is 3.86. The molecule has 1 aliphatic rings. The average molecular weight is 237 g/mol. The van der Waals surface area contributed by atoms with Gasteiger partial charge in [0.25, 0.3) is 0 Å². The van der Waals surface area contributed by atoms with Crippen molar-refractivity contribution in [3.8, 4) is 0 Å². The molecule has 0 N–H and O–H groups in total. The van der Waals surface area contributed by atoms with Gasteiger partial charge in [0.2, 0.25) is 0 Å². The van der Waals surface area contributed by atoms with Gasteiger partial charge in [-0.2, -0.15) is 0 Å². The molecule has 0 amide bonds. The van der Waals surface area contributed by atoms with Gasteiger partial charge >= 0.3 is 0 Å². The van der Waals surface area contributed by atoms with Gasteiger partial charge in [-0.05, 0) is 53.1 Å². The van der Waals surface area contributed by atoms with Crippen LogP contribution < -0.4 is 0 Å². The fourth-order valence-electron chi connectivity index (χ4n) is 2.44. The van der Waals surface area contributed by atoms with E-state index in [1.807, 2.05) is 6.92 Å². The quantitative estimate of drug-likeness (QED) is 0.681. The van der Waals surface area contributed by atoms with Crippen molar-refractivity contribution in [1.29, 1.82) is 0 Å². The van der Waals surface area contributed by atoms with Crippen LogP contribution in [0.25, 0.3) is 0 Å². The molecule has 0 bridgehead atoms. The molecule has 0 atom stereocenters. The molecule has 0 saturated carbocycles. The van der Waals surface area contributed by atoms with Crippen LogP contribution >= 0.6 is 0 Å². The molecule has 0 aromatic rings. The second-order valence-corrected chi connectivity index (χ2v) is 5.84. The van der Waals surface area contributed by atoms with E-state index in [0.717, 1.165) is 25.1 Å². The number of rotatable bonds is 5. The maximum absolute atomic E-state index is 12.3. The Morgan fingerprint density at radius 3 is 2.12 bits per heavy atom. The predicted octanol–water partition coefficient (Wildman–Crippen LogP) is 3.57. The molecule has 0 aromatic heterocycles. The standard InChI is InChI=1S/C15H27NO/c1-13(2)9-10-14(17)15(3,4)16-11-7-5-6-8-12-16/h1,5-12H2,2-4H3. The first kappa shape index (κ1) is 14.4. The first-order chi connectivity index (χ1) is 7.94. The summed E-state index contributed by atoms with van der Waals surface area (Å²) >= 11 is 0. The highest BCUT2D eigenvalue weighted by molar-refractivity contribution is 5.87. The Bertz CT molecular complexity index is 273. The highest BCUT2D eigenvalue weighted by atomic mass is 16.1. The van der Waals surface area contributed by atoms with Crippen LogP contribution in [0.4, 0.5) is 0 Å². The van der Waals surface area contributed by atoms with Gasteiger partial charge in [0.1, 0.15) is 0 Å². The van der Waals surface area contributed by atoms with Gasteiger partial charge < -0.3 is 0 Å². The number of likely N-dealkylation sites (tertiary alicyclic amines) is 1. The van der Waals surface area contributed by atoms with Gasteiger partial charge in [-0.1, -0.05) is 18.4 Å². The molecule has 17 heavy (non-hydrogen) atoms. The molecule has 1 rings (SSSR count). The zero-order valence-electron chi connectivity index (χ0n) is 11.7. The van der Waals surface area contributed by atoms with E-state index in [2.05, 4.69) is 25.3 Å². The molecule has 1 fully saturated rings. The fraction of sp³-hybridized carbons (Fsp3) is 0.800. The minimum absolute atomic E-state index is 0.292. The Labute approximate surface area is 106 Å². The molecule has 0 unspecified atom stereocenters. The molecule has 1 heterocycles. The van der Waals surface area contributed by atoms with Crippen LogP contribution in [0, 0.1) is 0 Å². The number of allylic oxidation sites excluding steroid dienone is 1. The van der Waals surface area contributed by atoms with Gasteiger partial charge in [-0.15, -0.1) is 6.58 Å². The molecule has 1 saturated heterocycles. The van der Waals surface area contributed by atoms with E-state index in [0.29, 0.717) is 12.2 Å². The number of carbonyl (C=O) groups excluding carboxylic acids is 1. The second-order valence-electron chi connectivity index (χ2n) is 5.84. The lowest BCUT2D eigenvalue weighted by molar-refractivity contribution is -0.129. The third kappa shape index (κ3) is 4.27. The van der Waals surface area contributed by atoms with Crippen molar-refractivity contribution >= 4 is 5.78 Å². The number of carbonyl (C=O) groups is 1. The maximum atomic E-state index is 12.3. The van der Waals surface area contributed by atoms with Crippen LogP contribution in [0.5, 0.6) is 0 Å². The zero-order valence-corrected chi connectivity index (χ0v) is 11.7. The normalized spacial score (nSPS) is 18.8. The Kier molecular flexibility index (Phi) is 5.38. The van der Waals surface area contributed by atoms with E-state index < -0.39 is 0 Å². The van der Waals surface area contributed by atoms with Crippen molar-refractivity contribution < 1.29 is 4.79 Å². The first-order valence-electron chi connectivity index (χ1n) is 6.87. The topological polar surface area (TPSA) is 20.3 Å². The van der Waals surface area contributed by atoms with Gasteiger partial charge in [0.15, 0.2) is 5.78 Å². The molecule has 0 radical (unpaired) electrons. The summed E-state index contributed by atoms with van der Waals surface area (Å²) in [7, 11) is 0. The van der Waals surface area contributed by atoms with E-state index in [-0.39, 0.29) is 5.54 Å². The summed E-state index contributed by atoms with van der Waals surface area (Å²) in [6, 6.07) is 0. The highest BCUT2D eigenvalue weighted by Crippen LogP contribution is 2.23. The number of hydrogen-bond acceptors (Lipinski definition) is 2. The summed E-state index contributed by atoms with van der Waals surface area (Å²) in [5.41, 5.74) is 0.810. The Morgan fingerprint density at radius 2 is 1.65 bits per heavy atom. The van der Waals surface area contributed by atoms with Gasteiger partial charge in [0.05, 0.1) is 5.54 Å². The smallest absolute Gasteiger partial charge is 0.152 e. The van der Waals surface area contributed by atoms with Crippen molar-refractivity contribution in [3.63, 3.8) is 0 Å². The lowest BCUT2D eigenvalue weighted by Gasteiger charge is -2.36. The number of ketones is 1. The molecule has 0 aliphatic carbocycles. The van der Waals surface area contributed by atoms with Gasteiger partial charge in [-0.3, -0.25) is 9.69 Å². The van der Waals surface area contributed by atoms with Crippen molar-refractivity contribution in [2.75, 3.05) is 13.1 Å². The van der Waals surface area contributed by atoms with Crippen LogP contribution in [0.15, 0.2) is 12.2 Å². The maximum Gasteiger partial charge on any atom is 0.152 e. The van der Waals surface area contributed by atoms with Crippen molar-refractivity contribution in [2.45, 2.75) is 64.8 Å². The lowest BCUT2D eigenvalue weighted by atomic mass is 9.92. The van der Waals surface area contributed by atoms with E-state index in [4.69, 9.17) is 0 Å². The zero-order chi connectivity index (χ0) is 12.9. The van der Waals surface area contributed by atoms with Crippen molar-refractivity contribution in [1.82, 2.24) is 4.90 Å². The van der Waals surface area contributed by atoms with Crippen LogP contribution in [0.1, 0.15) is 59.3 Å². The van der Waals surface area contributed by atoms with Gasteiger partial charge in [0, 0.05) is 6.42 Å². The summed E-state index contributed by atoms with van der Waals surface area (Å²) in [5.74, 6) is 0.363. The van der Waals surface area contributed by atoms with Crippen molar-refractivity contribution in [3.05, 3.63) is 12.2 Å². The first-order valence-corrected chi connectivity index (χ1v) is 6.87. The summed E-state index contributed by atoms with van der Waals surface area (Å²) in [6.07, 6.45) is 6.56. The Morgan fingerprint density at radius 1 is 1.12 bits per heavy atom. The number of Topliss-reactive ketones (excluding diaryl/α,β-unsaturated/α-hetero) is 1. The molecular weight excluding hydrogens is 210 g/mol. The summed E-state index contributed by atoms with van der Waals surface area (Å²) in [4.78, 5) is 14.7. The molecule has 98 valence electrons. The minimum Gasteiger partial charge on any atom is -0.298 e. The van der Waals surface area contributed by atoms with E-state index in [9.17, 15) is 4.79 Å². The average Bonchev–Trinajstić information content (AvgIpc) is 2.54. The molecule has 0 aromatic carbocycles. The molecule has 2 heteroatoms. The fourth-order valence-corrected chi connectivity index (χ4v) is 2.44. The van der Waals surface area contributed by atoms with Crippen LogP contribution in [-0.4, -0.2) is 29.3 Å². The summed E-state index contributed by atoms with van der Waals surface area (Å²) in [5, 5.41) is 0. The number of nitrogens with zero attached hydrogens (tertiary/aromatic N) is 1. The van der Waals surface area contributed by atoms with E-state index >= 15 is 0 Å². The summed E-state index contributed by atoms with van der Waals surface area (Å²) < 4.78 is 0. The molecule has 1 aliphatic heterocycles. The molecule has 2 nitrogen and oxygen atoms in total. The minimum atomic E-state index is -0.292. The summed E-state index contributed by atoms with van der Waals surface area (Å²) in [6.45, 7) is 12.2. The predicted molar refractivity (Wildman–Crippen MR) is 73.2 cm³/mol. The molecule has 0 spiro atoms. The van der Waals surface area contributed by atoms with Crippen LogP contribution in [-0.2, 0) is 4.79 Å². The Hall–Kier alpha value is -0.630.